The lowest BCUT2D eigenvalue weighted by atomic mass is 10.2. The van der Waals surface area contributed by atoms with Crippen molar-refractivity contribution in [3.8, 4) is 0 Å². The first kappa shape index (κ1) is 18.2. The molecule has 0 aromatic heterocycles. The van der Waals surface area contributed by atoms with Gasteiger partial charge in [-0.05, 0) is 32.0 Å². The van der Waals surface area contributed by atoms with Gasteiger partial charge in [-0.1, -0.05) is 17.7 Å². The fourth-order valence-electron chi connectivity index (χ4n) is 2.74. The first-order chi connectivity index (χ1) is 10.9. The molecule has 1 heterocycles. The summed E-state index contributed by atoms with van der Waals surface area (Å²) in [5.74, 6) is 0.00801. The number of quaternary nitrogens is 1. The van der Waals surface area contributed by atoms with E-state index in [1.54, 1.807) is 18.2 Å². The summed E-state index contributed by atoms with van der Waals surface area (Å²) in [4.78, 5) is 13.2. The van der Waals surface area contributed by atoms with Crippen LogP contribution in [-0.2, 0) is 14.8 Å². The molecule has 0 spiro atoms. The molecule has 23 heavy (non-hydrogen) atoms. The van der Waals surface area contributed by atoms with Gasteiger partial charge < -0.3 is 10.2 Å². The van der Waals surface area contributed by atoms with Crippen molar-refractivity contribution in [2.45, 2.75) is 24.8 Å². The summed E-state index contributed by atoms with van der Waals surface area (Å²) in [6.45, 7) is 6.38. The molecule has 1 aromatic rings. The summed E-state index contributed by atoms with van der Waals surface area (Å²) in [5.41, 5.74) is 0. The Bertz CT molecular complexity index is 658. The highest BCUT2D eigenvalue weighted by Crippen LogP contribution is 2.19. The van der Waals surface area contributed by atoms with E-state index in [4.69, 9.17) is 11.6 Å². The number of benzene rings is 1. The van der Waals surface area contributed by atoms with Gasteiger partial charge in [-0.2, -0.15) is 4.31 Å². The molecule has 1 amide bonds. The van der Waals surface area contributed by atoms with Crippen molar-refractivity contribution in [1.82, 2.24) is 9.62 Å². The van der Waals surface area contributed by atoms with Crippen molar-refractivity contribution in [2.24, 2.45) is 0 Å². The zero-order valence-electron chi connectivity index (χ0n) is 13.4. The van der Waals surface area contributed by atoms with E-state index in [2.05, 4.69) is 5.32 Å². The predicted molar refractivity (Wildman–Crippen MR) is 89.1 cm³/mol. The SMILES string of the molecule is CCNC(=O)[C@H](C)[NH+]1CCN(S(=O)(=O)c2cccc(Cl)c2)CC1. The quantitative estimate of drug-likeness (QED) is 0.761. The number of hydrogen-bond acceptors (Lipinski definition) is 3. The Labute approximate surface area is 142 Å². The lowest BCUT2D eigenvalue weighted by molar-refractivity contribution is -0.917. The number of amides is 1. The van der Waals surface area contributed by atoms with Gasteiger partial charge in [0.15, 0.2) is 6.04 Å². The number of carbonyl (C=O) groups excluding carboxylic acids is 1. The maximum atomic E-state index is 12.6. The molecule has 6 nitrogen and oxygen atoms in total. The summed E-state index contributed by atoms with van der Waals surface area (Å²) >= 11 is 5.89. The molecule has 0 unspecified atom stereocenters. The third kappa shape index (κ3) is 4.23. The van der Waals surface area contributed by atoms with Gasteiger partial charge in [0, 0.05) is 11.6 Å². The third-order valence-electron chi connectivity index (χ3n) is 4.16. The number of hydrogen-bond donors (Lipinski definition) is 2. The molecule has 2 N–H and O–H groups in total. The molecule has 1 aliphatic heterocycles. The summed E-state index contributed by atoms with van der Waals surface area (Å²) in [6.07, 6.45) is 0. The van der Waals surface area contributed by atoms with Crippen LogP contribution < -0.4 is 10.2 Å². The first-order valence-corrected chi connectivity index (χ1v) is 9.56. The van der Waals surface area contributed by atoms with Crippen molar-refractivity contribution >= 4 is 27.5 Å². The summed E-state index contributed by atoms with van der Waals surface area (Å²) in [6, 6.07) is 6.13. The number of likely N-dealkylation sites (N-methyl/N-ethyl adjacent to an activating group) is 1. The van der Waals surface area contributed by atoms with Crippen molar-refractivity contribution < 1.29 is 18.1 Å². The van der Waals surface area contributed by atoms with E-state index in [0.29, 0.717) is 37.7 Å². The molecule has 2 rings (SSSR count). The van der Waals surface area contributed by atoms with E-state index in [1.807, 2.05) is 13.8 Å². The van der Waals surface area contributed by atoms with E-state index in [1.165, 1.54) is 10.4 Å². The van der Waals surface area contributed by atoms with Gasteiger partial charge in [0.25, 0.3) is 5.91 Å². The standard InChI is InChI=1S/C15H22ClN3O3S/c1-3-17-15(20)12(2)18-7-9-19(10-8-18)23(21,22)14-6-4-5-13(16)11-14/h4-6,11-12H,3,7-10H2,1-2H3,(H,17,20)/p+1/t12-/m0/s1. The number of halogens is 1. The zero-order valence-corrected chi connectivity index (χ0v) is 15.0. The monoisotopic (exact) mass is 360 g/mol. The van der Waals surface area contributed by atoms with Crippen LogP contribution in [0.4, 0.5) is 0 Å². The molecule has 1 aliphatic rings. The highest BCUT2D eigenvalue weighted by Gasteiger charge is 2.34. The molecule has 0 radical (unpaired) electrons. The van der Waals surface area contributed by atoms with E-state index in [9.17, 15) is 13.2 Å². The van der Waals surface area contributed by atoms with Gasteiger partial charge in [0.2, 0.25) is 10.0 Å². The maximum absolute atomic E-state index is 12.6. The van der Waals surface area contributed by atoms with Crippen LogP contribution in [0.5, 0.6) is 0 Å². The van der Waals surface area contributed by atoms with Crippen LogP contribution >= 0.6 is 11.6 Å². The van der Waals surface area contributed by atoms with E-state index >= 15 is 0 Å². The van der Waals surface area contributed by atoms with Crippen LogP contribution in [0.3, 0.4) is 0 Å². The number of rotatable bonds is 5. The number of sulfonamides is 1. The average Bonchev–Trinajstić information content (AvgIpc) is 2.54. The molecule has 128 valence electrons. The zero-order chi connectivity index (χ0) is 17.0. The molecule has 0 aliphatic carbocycles. The molecule has 1 atom stereocenters. The van der Waals surface area contributed by atoms with Crippen LogP contribution in [0.1, 0.15) is 13.8 Å². The van der Waals surface area contributed by atoms with Crippen molar-refractivity contribution in [1.29, 1.82) is 0 Å². The number of nitrogens with one attached hydrogen (secondary N) is 2. The minimum absolute atomic E-state index is 0.00801. The number of nitrogens with zero attached hydrogens (tertiary/aromatic N) is 1. The number of carbonyl (C=O) groups is 1. The van der Waals surface area contributed by atoms with Gasteiger partial charge in [0.05, 0.1) is 31.1 Å². The molecule has 8 heteroatoms. The highest BCUT2D eigenvalue weighted by molar-refractivity contribution is 7.89. The Morgan fingerprint density at radius 2 is 2.04 bits per heavy atom. The lowest BCUT2D eigenvalue weighted by Gasteiger charge is -2.34. The fourth-order valence-corrected chi connectivity index (χ4v) is 4.48. The van der Waals surface area contributed by atoms with E-state index in [-0.39, 0.29) is 16.8 Å². The van der Waals surface area contributed by atoms with E-state index in [0.717, 1.165) is 4.90 Å². The smallest absolute Gasteiger partial charge is 0.278 e. The average molecular weight is 361 g/mol. The summed E-state index contributed by atoms with van der Waals surface area (Å²) in [7, 11) is -3.53. The molecule has 0 saturated carbocycles. The molecule has 0 bridgehead atoms. The van der Waals surface area contributed by atoms with Gasteiger partial charge in [-0.25, -0.2) is 8.42 Å². The summed E-state index contributed by atoms with van der Waals surface area (Å²) in [5, 5.41) is 3.21. The second-order valence-electron chi connectivity index (χ2n) is 5.64. The minimum atomic E-state index is -3.53. The van der Waals surface area contributed by atoms with Gasteiger partial charge in [0.1, 0.15) is 0 Å². The summed E-state index contributed by atoms with van der Waals surface area (Å²) < 4.78 is 26.7. The third-order valence-corrected chi connectivity index (χ3v) is 6.28. The van der Waals surface area contributed by atoms with Crippen molar-refractivity contribution in [2.75, 3.05) is 32.7 Å². The minimum Gasteiger partial charge on any atom is -0.351 e. The van der Waals surface area contributed by atoms with Crippen LogP contribution in [0.25, 0.3) is 0 Å². The topological polar surface area (TPSA) is 70.9 Å². The Morgan fingerprint density at radius 1 is 1.39 bits per heavy atom. The highest BCUT2D eigenvalue weighted by atomic mass is 35.5. The molecular weight excluding hydrogens is 338 g/mol. The Hall–Kier alpha value is -1.15. The normalized spacial score (nSPS) is 18.6. The Kier molecular flexibility index (Phi) is 6.02. The maximum Gasteiger partial charge on any atom is 0.278 e. The van der Waals surface area contributed by atoms with Gasteiger partial charge >= 0.3 is 0 Å². The fraction of sp³-hybridized carbons (Fsp3) is 0.533. The predicted octanol–water partition coefficient (Wildman–Crippen LogP) is -0.246. The lowest BCUT2D eigenvalue weighted by Crippen LogP contribution is -3.19. The second kappa shape index (κ2) is 7.61. The molecule has 1 fully saturated rings. The van der Waals surface area contributed by atoms with Crippen molar-refractivity contribution in [3.63, 3.8) is 0 Å². The van der Waals surface area contributed by atoms with Crippen LogP contribution in [0.2, 0.25) is 5.02 Å². The van der Waals surface area contributed by atoms with Crippen LogP contribution in [-0.4, -0.2) is 57.4 Å². The molecular formula is C15H23ClN3O3S+. The van der Waals surface area contributed by atoms with Crippen LogP contribution in [0.15, 0.2) is 29.2 Å². The molecule has 1 saturated heterocycles. The van der Waals surface area contributed by atoms with Gasteiger partial charge in [-0.3, -0.25) is 4.79 Å². The van der Waals surface area contributed by atoms with E-state index < -0.39 is 10.0 Å². The largest absolute Gasteiger partial charge is 0.351 e. The molecule has 1 aromatic carbocycles. The Balaban J connectivity index is 2.02. The Morgan fingerprint density at radius 3 is 2.61 bits per heavy atom. The van der Waals surface area contributed by atoms with Crippen LogP contribution in [0, 0.1) is 0 Å². The van der Waals surface area contributed by atoms with Crippen molar-refractivity contribution in [3.05, 3.63) is 29.3 Å². The number of piperazine rings is 1. The second-order valence-corrected chi connectivity index (χ2v) is 8.01. The van der Waals surface area contributed by atoms with Gasteiger partial charge in [-0.15, -0.1) is 0 Å². The first-order valence-electron chi connectivity index (χ1n) is 7.74.